The van der Waals surface area contributed by atoms with Gasteiger partial charge in [-0.05, 0) is 12.3 Å². The van der Waals surface area contributed by atoms with E-state index in [2.05, 4.69) is 5.32 Å². The zero-order chi connectivity index (χ0) is 17.5. The second-order valence-corrected chi connectivity index (χ2v) is 5.96. The van der Waals surface area contributed by atoms with E-state index in [0.717, 1.165) is 0 Å². The quantitative estimate of drug-likeness (QED) is 0.222. The first-order chi connectivity index (χ1) is 9.95. The number of aliphatic carboxylic acids is 1. The molecule has 0 unspecified atom stereocenters. The minimum absolute atomic E-state index is 0.00893. The second-order valence-electron chi connectivity index (χ2n) is 5.96. The first kappa shape index (κ1) is 20.8. The summed E-state index contributed by atoms with van der Waals surface area (Å²) >= 11 is 0. The summed E-state index contributed by atoms with van der Waals surface area (Å²) in [6.07, 6.45) is 0.0688. The lowest BCUT2D eigenvalue weighted by molar-refractivity contribution is -0.140. The van der Waals surface area contributed by atoms with Crippen LogP contribution in [0.25, 0.3) is 0 Å². The maximum atomic E-state index is 11.8. The number of carbonyl (C=O) groups is 2. The van der Waals surface area contributed by atoms with Crippen molar-refractivity contribution < 1.29 is 29.8 Å². The highest BCUT2D eigenvalue weighted by atomic mass is 16.5. The Hall–Kier alpha value is -1.20. The third-order valence-corrected chi connectivity index (χ3v) is 3.52. The molecule has 10 heteroatoms. The molecule has 0 aliphatic carbocycles. The van der Waals surface area contributed by atoms with Gasteiger partial charge in [0, 0.05) is 12.5 Å². The number of hydrogen-bond donors (Lipinski definition) is 7. The van der Waals surface area contributed by atoms with Crippen LogP contribution in [0.2, 0.25) is 6.32 Å². The summed E-state index contributed by atoms with van der Waals surface area (Å²) in [5, 5.41) is 38.1. The van der Waals surface area contributed by atoms with Crippen molar-refractivity contribution >= 4 is 18.6 Å². The molecule has 0 fully saturated rings. The van der Waals surface area contributed by atoms with Crippen LogP contribution < -0.4 is 16.8 Å². The predicted molar refractivity (Wildman–Crippen MR) is 81.4 cm³/mol. The number of rotatable bonds is 10. The Morgan fingerprint density at radius 3 is 2.09 bits per heavy atom. The summed E-state index contributed by atoms with van der Waals surface area (Å²) in [5.41, 5.74) is 11.3. The molecule has 0 aromatic rings. The number of carboxylic acids is 1. The average Bonchev–Trinajstić information content (AvgIpc) is 2.38. The van der Waals surface area contributed by atoms with Crippen molar-refractivity contribution in [2.75, 3.05) is 6.54 Å². The van der Waals surface area contributed by atoms with Gasteiger partial charge in [0.25, 0.3) is 0 Å². The molecule has 3 atom stereocenters. The summed E-state index contributed by atoms with van der Waals surface area (Å²) < 4.78 is 0. The van der Waals surface area contributed by atoms with Crippen LogP contribution in [-0.2, 0) is 9.59 Å². The molecule has 1 amide bonds. The highest BCUT2D eigenvalue weighted by Gasteiger charge is 2.26. The van der Waals surface area contributed by atoms with E-state index >= 15 is 0 Å². The number of carboxylic acid groups (broad SMARTS) is 1. The van der Waals surface area contributed by atoms with Gasteiger partial charge in [0.05, 0.1) is 6.04 Å². The van der Waals surface area contributed by atoms with E-state index in [9.17, 15) is 9.59 Å². The zero-order valence-corrected chi connectivity index (χ0v) is 13.0. The number of nitrogens with two attached hydrogens (primary N) is 2. The van der Waals surface area contributed by atoms with Crippen LogP contribution in [0.1, 0.15) is 26.7 Å². The molecule has 0 aromatic heterocycles. The van der Waals surface area contributed by atoms with E-state index in [1.54, 1.807) is 13.8 Å². The van der Waals surface area contributed by atoms with Crippen LogP contribution in [0.5, 0.6) is 0 Å². The van der Waals surface area contributed by atoms with Crippen LogP contribution in [0.4, 0.5) is 0 Å². The fraction of sp³-hybridized carbons (Fsp3) is 0.833. The van der Waals surface area contributed by atoms with Crippen LogP contribution in [-0.4, -0.2) is 57.4 Å². The molecule has 130 valence electrons. The molecular formula is C12H27BN3O6-. The third-order valence-electron chi connectivity index (χ3n) is 3.52. The largest absolute Gasteiger partial charge is 0.560 e. The van der Waals surface area contributed by atoms with E-state index in [0.29, 0.717) is 0 Å². The van der Waals surface area contributed by atoms with Gasteiger partial charge in [-0.25, -0.2) is 0 Å². The molecule has 0 heterocycles. The van der Waals surface area contributed by atoms with Gasteiger partial charge in [-0.1, -0.05) is 26.6 Å². The number of amides is 1. The zero-order valence-electron chi connectivity index (χ0n) is 13.0. The minimum Gasteiger partial charge on any atom is -0.560 e. The van der Waals surface area contributed by atoms with Crippen molar-refractivity contribution in [3.05, 3.63) is 0 Å². The van der Waals surface area contributed by atoms with E-state index in [4.69, 9.17) is 31.6 Å². The smallest absolute Gasteiger partial charge is 0.371 e. The molecule has 9 N–H and O–H groups in total. The van der Waals surface area contributed by atoms with Gasteiger partial charge in [0.15, 0.2) is 0 Å². The van der Waals surface area contributed by atoms with Crippen molar-refractivity contribution in [3.8, 4) is 0 Å². The lowest BCUT2D eigenvalue weighted by Crippen LogP contribution is -2.49. The maximum absolute atomic E-state index is 11.8. The molecule has 0 rings (SSSR count). The standard InChI is InChI=1S/C12H27BN3O6/c1-7(2)9(14)11(17)16-6-8(10(15)12(18)19)4-3-5-13(20,21)22/h7-10,20-22H,3-6,14-15H2,1-2H3,(H,16,17)(H,18,19)/q-1/t8-,9-,10-/m0/s1. The molecule has 0 spiro atoms. The Kier molecular flexibility index (Phi) is 8.57. The first-order valence-electron chi connectivity index (χ1n) is 7.30. The van der Waals surface area contributed by atoms with E-state index in [1.807, 2.05) is 0 Å². The Morgan fingerprint density at radius 1 is 1.14 bits per heavy atom. The van der Waals surface area contributed by atoms with Crippen LogP contribution >= 0.6 is 0 Å². The van der Waals surface area contributed by atoms with Crippen LogP contribution in [0.15, 0.2) is 0 Å². The SMILES string of the molecule is CC(C)[C@H](N)C(=O)NC[C@H](CCC[B-](O)(O)O)[C@H](N)C(=O)O. The summed E-state index contributed by atoms with van der Waals surface area (Å²) in [6.45, 7) is 0.171. The lowest BCUT2D eigenvalue weighted by atomic mass is 9.73. The molecule has 0 bridgehead atoms. The monoisotopic (exact) mass is 320 g/mol. The highest BCUT2D eigenvalue weighted by molar-refractivity contribution is 6.56. The summed E-state index contributed by atoms with van der Waals surface area (Å²) in [6, 6.07) is -1.92. The summed E-state index contributed by atoms with van der Waals surface area (Å²) in [5.74, 6) is -2.30. The lowest BCUT2D eigenvalue weighted by Gasteiger charge is -2.25. The average molecular weight is 320 g/mol. The van der Waals surface area contributed by atoms with Gasteiger partial charge < -0.3 is 37.0 Å². The van der Waals surface area contributed by atoms with Gasteiger partial charge in [0.1, 0.15) is 6.04 Å². The van der Waals surface area contributed by atoms with Crippen molar-refractivity contribution in [2.24, 2.45) is 23.3 Å². The third kappa shape index (κ3) is 8.30. The van der Waals surface area contributed by atoms with E-state index in [1.165, 1.54) is 0 Å². The Balaban J connectivity index is 4.55. The fourth-order valence-electron chi connectivity index (χ4n) is 1.92. The second kappa shape index (κ2) is 9.06. The molecule has 0 saturated carbocycles. The van der Waals surface area contributed by atoms with E-state index in [-0.39, 0.29) is 31.6 Å². The molecule has 0 aromatic carbocycles. The van der Waals surface area contributed by atoms with Crippen molar-refractivity contribution in [1.29, 1.82) is 0 Å². The van der Waals surface area contributed by atoms with Gasteiger partial charge in [-0.3, -0.25) is 9.59 Å². The Morgan fingerprint density at radius 2 is 1.68 bits per heavy atom. The normalized spacial score (nSPS) is 16.2. The predicted octanol–water partition coefficient (Wildman–Crippen LogP) is -2.19. The Labute approximate surface area is 129 Å². The maximum Gasteiger partial charge on any atom is 0.371 e. The van der Waals surface area contributed by atoms with E-state index < -0.39 is 36.6 Å². The molecule has 0 radical (unpaired) electrons. The number of carbonyl (C=O) groups excluding carboxylic acids is 1. The van der Waals surface area contributed by atoms with Crippen molar-refractivity contribution in [3.63, 3.8) is 0 Å². The Bertz CT molecular complexity index is 374. The fourth-order valence-corrected chi connectivity index (χ4v) is 1.92. The molecule has 22 heavy (non-hydrogen) atoms. The number of nitrogens with one attached hydrogen (secondary N) is 1. The topological polar surface area (TPSA) is 179 Å². The first-order valence-corrected chi connectivity index (χ1v) is 7.30. The van der Waals surface area contributed by atoms with Gasteiger partial charge in [0.2, 0.25) is 5.91 Å². The van der Waals surface area contributed by atoms with Crippen molar-refractivity contribution in [1.82, 2.24) is 5.32 Å². The highest BCUT2D eigenvalue weighted by Crippen LogP contribution is 2.15. The van der Waals surface area contributed by atoms with Gasteiger partial charge in [-0.15, -0.1) is 0 Å². The molecular weight excluding hydrogens is 293 g/mol. The van der Waals surface area contributed by atoms with Crippen LogP contribution in [0.3, 0.4) is 0 Å². The summed E-state index contributed by atoms with van der Waals surface area (Å²) in [4.78, 5) is 22.8. The molecule has 0 saturated heterocycles. The van der Waals surface area contributed by atoms with Gasteiger partial charge in [-0.2, -0.15) is 0 Å². The van der Waals surface area contributed by atoms with Gasteiger partial charge >= 0.3 is 12.7 Å². The molecule has 0 aliphatic rings. The van der Waals surface area contributed by atoms with Crippen LogP contribution in [0, 0.1) is 11.8 Å². The van der Waals surface area contributed by atoms with Crippen molar-refractivity contribution in [2.45, 2.75) is 45.1 Å². The molecule has 9 nitrogen and oxygen atoms in total. The number of hydrogen-bond acceptors (Lipinski definition) is 7. The molecule has 0 aliphatic heterocycles. The summed E-state index contributed by atoms with van der Waals surface area (Å²) in [7, 11) is 0. The minimum atomic E-state index is -3.41.